The highest BCUT2D eigenvalue weighted by Crippen LogP contribution is 2.21. The highest BCUT2D eigenvalue weighted by molar-refractivity contribution is 7.92. The molecular weight excluding hydrogens is 438 g/mol. The molecule has 11 heteroatoms. The van der Waals surface area contributed by atoms with E-state index in [9.17, 15) is 30.4 Å². The summed E-state index contributed by atoms with van der Waals surface area (Å²) in [6.07, 6.45) is 0. The number of hydrogen-bond donors (Lipinski definition) is 2. The average molecular weight is 452 g/mol. The number of anilines is 1. The van der Waals surface area contributed by atoms with Crippen LogP contribution >= 0.6 is 0 Å². The Balaban J connectivity index is 1.79. The fraction of sp³-hybridized carbons (Fsp3) is 0. The molecule has 0 fully saturated rings. The third-order valence-corrected chi connectivity index (χ3v) is 6.61. The van der Waals surface area contributed by atoms with Crippen LogP contribution in [0.25, 0.3) is 0 Å². The number of benzene rings is 3. The number of hydrogen-bond acceptors (Lipinski definition) is 5. The van der Waals surface area contributed by atoms with Gasteiger partial charge in [0.15, 0.2) is 0 Å². The minimum atomic E-state index is -4.45. The summed E-state index contributed by atoms with van der Waals surface area (Å²) >= 11 is 0. The molecule has 0 atom stereocenters. The second kappa shape index (κ2) is 8.20. The molecule has 7 nitrogen and oxygen atoms in total. The zero-order valence-electron chi connectivity index (χ0n) is 15.0. The van der Waals surface area contributed by atoms with E-state index in [1.807, 2.05) is 9.44 Å². The Kier molecular flexibility index (Phi) is 5.85. The van der Waals surface area contributed by atoms with Gasteiger partial charge in [0, 0.05) is 11.3 Å². The van der Waals surface area contributed by atoms with Crippen LogP contribution in [0.3, 0.4) is 0 Å². The molecular formula is C19H14F2N2O5S2. The molecule has 1 amide bonds. The van der Waals surface area contributed by atoms with Crippen LogP contribution in [-0.2, 0) is 20.0 Å². The van der Waals surface area contributed by atoms with E-state index in [1.54, 1.807) is 18.2 Å². The summed E-state index contributed by atoms with van der Waals surface area (Å²) in [4.78, 5) is 10.9. The molecule has 0 saturated heterocycles. The van der Waals surface area contributed by atoms with Gasteiger partial charge in [0.2, 0.25) is 0 Å². The minimum absolute atomic E-state index is 0.0907. The fourth-order valence-corrected chi connectivity index (χ4v) is 4.55. The Hall–Kier alpha value is -3.31. The standard InChI is InChI=1S/C19H14F2N2O5S2/c20-14-6-11-17(21)18(12-14)30(27,28)22-15-7-9-16(10-8-15)29(25,26)23-19(24)13-4-2-1-3-5-13/h1-12,22H,(H,23,24). The molecule has 2 N–H and O–H groups in total. The van der Waals surface area contributed by atoms with Crippen molar-refractivity contribution in [2.24, 2.45) is 0 Å². The number of rotatable bonds is 6. The first-order valence-electron chi connectivity index (χ1n) is 8.29. The topological polar surface area (TPSA) is 109 Å². The predicted molar refractivity (Wildman–Crippen MR) is 105 cm³/mol. The van der Waals surface area contributed by atoms with Crippen LogP contribution < -0.4 is 9.44 Å². The van der Waals surface area contributed by atoms with Gasteiger partial charge in [-0.15, -0.1) is 0 Å². The normalized spacial score (nSPS) is 11.7. The van der Waals surface area contributed by atoms with E-state index in [0.29, 0.717) is 12.1 Å². The Labute approximate surface area is 171 Å². The van der Waals surface area contributed by atoms with Gasteiger partial charge >= 0.3 is 0 Å². The van der Waals surface area contributed by atoms with Crippen molar-refractivity contribution in [1.82, 2.24) is 4.72 Å². The SMILES string of the molecule is O=C(NS(=O)(=O)c1ccc(NS(=O)(=O)c2cc(F)ccc2F)cc1)c1ccccc1. The average Bonchev–Trinajstić information content (AvgIpc) is 2.70. The predicted octanol–water partition coefficient (Wildman–Crippen LogP) is 2.88. The maximum absolute atomic E-state index is 13.7. The molecule has 0 aliphatic heterocycles. The maximum Gasteiger partial charge on any atom is 0.264 e. The lowest BCUT2D eigenvalue weighted by Crippen LogP contribution is -2.30. The second-order valence-electron chi connectivity index (χ2n) is 6.01. The Morgan fingerprint density at radius 3 is 2.03 bits per heavy atom. The first-order valence-corrected chi connectivity index (χ1v) is 11.3. The number of nitrogens with one attached hydrogen (secondary N) is 2. The van der Waals surface area contributed by atoms with Crippen molar-refractivity contribution in [3.63, 3.8) is 0 Å². The minimum Gasteiger partial charge on any atom is -0.280 e. The summed E-state index contributed by atoms with van der Waals surface area (Å²) in [6.45, 7) is 0. The van der Waals surface area contributed by atoms with Crippen LogP contribution in [0.2, 0.25) is 0 Å². The lowest BCUT2D eigenvalue weighted by Gasteiger charge is -2.10. The summed E-state index contributed by atoms with van der Waals surface area (Å²) in [5.41, 5.74) is 0.0505. The molecule has 0 radical (unpaired) electrons. The third kappa shape index (κ3) is 4.81. The molecule has 156 valence electrons. The molecule has 0 aliphatic rings. The van der Waals surface area contributed by atoms with Crippen LogP contribution in [0.15, 0.2) is 82.6 Å². The van der Waals surface area contributed by atoms with Gasteiger partial charge in [-0.1, -0.05) is 18.2 Å². The van der Waals surface area contributed by atoms with Crippen molar-refractivity contribution >= 4 is 31.6 Å². The molecule has 3 aromatic rings. The summed E-state index contributed by atoms with van der Waals surface area (Å²) in [5.74, 6) is -2.92. The summed E-state index contributed by atoms with van der Waals surface area (Å²) in [7, 11) is -8.67. The first kappa shape index (κ1) is 21.4. The van der Waals surface area contributed by atoms with E-state index in [0.717, 1.165) is 30.3 Å². The highest BCUT2D eigenvalue weighted by Gasteiger charge is 2.22. The van der Waals surface area contributed by atoms with Crippen molar-refractivity contribution in [2.45, 2.75) is 9.79 Å². The van der Waals surface area contributed by atoms with Crippen LogP contribution in [0, 0.1) is 11.6 Å². The maximum atomic E-state index is 13.7. The summed E-state index contributed by atoms with van der Waals surface area (Å²) < 4.78 is 80.2. The van der Waals surface area contributed by atoms with Crippen molar-refractivity contribution in [2.75, 3.05) is 4.72 Å². The van der Waals surface area contributed by atoms with E-state index >= 15 is 0 Å². The number of amides is 1. The van der Waals surface area contributed by atoms with E-state index in [2.05, 4.69) is 0 Å². The second-order valence-corrected chi connectivity index (χ2v) is 9.34. The molecule has 0 aromatic heterocycles. The van der Waals surface area contributed by atoms with Gasteiger partial charge in [0.05, 0.1) is 4.90 Å². The van der Waals surface area contributed by atoms with Crippen molar-refractivity contribution in [1.29, 1.82) is 0 Å². The van der Waals surface area contributed by atoms with Crippen LogP contribution in [0.5, 0.6) is 0 Å². The van der Waals surface area contributed by atoms with Gasteiger partial charge in [-0.25, -0.2) is 30.3 Å². The lowest BCUT2D eigenvalue weighted by molar-refractivity contribution is 0.0981. The van der Waals surface area contributed by atoms with E-state index in [1.165, 1.54) is 12.1 Å². The molecule has 0 bridgehead atoms. The van der Waals surface area contributed by atoms with Gasteiger partial charge in [-0.3, -0.25) is 9.52 Å². The Morgan fingerprint density at radius 1 is 0.767 bits per heavy atom. The Morgan fingerprint density at radius 2 is 1.40 bits per heavy atom. The smallest absolute Gasteiger partial charge is 0.264 e. The van der Waals surface area contributed by atoms with Gasteiger partial charge < -0.3 is 0 Å². The van der Waals surface area contributed by atoms with E-state index in [4.69, 9.17) is 0 Å². The molecule has 0 saturated carbocycles. The van der Waals surface area contributed by atoms with Crippen LogP contribution in [-0.4, -0.2) is 22.7 Å². The number of carbonyl (C=O) groups excluding carboxylic acids is 1. The van der Waals surface area contributed by atoms with Crippen molar-refractivity contribution < 1.29 is 30.4 Å². The monoisotopic (exact) mass is 452 g/mol. The molecule has 3 aromatic carbocycles. The molecule has 0 unspecified atom stereocenters. The van der Waals surface area contributed by atoms with Gasteiger partial charge in [-0.05, 0) is 54.6 Å². The van der Waals surface area contributed by atoms with Crippen molar-refractivity contribution in [3.05, 3.63) is 90.0 Å². The third-order valence-electron chi connectivity index (χ3n) is 3.86. The first-order chi connectivity index (χ1) is 14.1. The number of carbonyl (C=O) groups is 1. The van der Waals surface area contributed by atoms with Gasteiger partial charge in [0.25, 0.3) is 26.0 Å². The van der Waals surface area contributed by atoms with E-state index in [-0.39, 0.29) is 16.1 Å². The fourth-order valence-electron chi connectivity index (χ4n) is 2.42. The lowest BCUT2D eigenvalue weighted by atomic mass is 10.2. The number of sulfonamides is 2. The van der Waals surface area contributed by atoms with Gasteiger partial charge in [0.1, 0.15) is 16.5 Å². The molecule has 0 spiro atoms. The zero-order chi connectivity index (χ0) is 21.9. The number of halogens is 2. The molecule has 30 heavy (non-hydrogen) atoms. The van der Waals surface area contributed by atoms with E-state index < -0.39 is 42.5 Å². The van der Waals surface area contributed by atoms with Crippen LogP contribution in [0.4, 0.5) is 14.5 Å². The van der Waals surface area contributed by atoms with Crippen LogP contribution in [0.1, 0.15) is 10.4 Å². The molecule has 3 rings (SSSR count). The zero-order valence-corrected chi connectivity index (χ0v) is 16.7. The molecule has 0 heterocycles. The Bertz CT molecular complexity index is 1290. The van der Waals surface area contributed by atoms with Gasteiger partial charge in [-0.2, -0.15) is 0 Å². The molecule has 0 aliphatic carbocycles. The quantitative estimate of drug-likeness (QED) is 0.598. The largest absolute Gasteiger partial charge is 0.280 e. The highest BCUT2D eigenvalue weighted by atomic mass is 32.2. The summed E-state index contributed by atoms with van der Waals surface area (Å²) in [5, 5.41) is 0. The summed E-state index contributed by atoms with van der Waals surface area (Å²) in [6, 6.07) is 14.0. The van der Waals surface area contributed by atoms with Crippen molar-refractivity contribution in [3.8, 4) is 0 Å².